The Balaban J connectivity index is 1.40. The molecule has 1 aromatic carbocycles. The van der Waals surface area contributed by atoms with Crippen molar-refractivity contribution < 1.29 is 14.4 Å². The van der Waals surface area contributed by atoms with Gasteiger partial charge in [0.05, 0.1) is 18.5 Å². The Kier molecular flexibility index (Phi) is 3.55. The second-order valence-corrected chi connectivity index (χ2v) is 7.08. The largest absolute Gasteiger partial charge is 0.367 e. The van der Waals surface area contributed by atoms with Gasteiger partial charge in [-0.25, -0.2) is 0 Å². The van der Waals surface area contributed by atoms with Crippen molar-refractivity contribution in [1.82, 2.24) is 4.90 Å². The maximum absolute atomic E-state index is 12.6. The van der Waals surface area contributed by atoms with Crippen LogP contribution in [0.2, 0.25) is 0 Å². The van der Waals surface area contributed by atoms with E-state index in [2.05, 4.69) is 10.6 Å². The van der Waals surface area contributed by atoms with Gasteiger partial charge in [-0.05, 0) is 55.4 Å². The summed E-state index contributed by atoms with van der Waals surface area (Å²) in [7, 11) is 0. The molecular formula is C18H21N3O3. The molecule has 0 aromatic heterocycles. The number of carbonyl (C=O) groups is 3. The van der Waals surface area contributed by atoms with Crippen LogP contribution in [0.1, 0.15) is 26.2 Å². The first-order chi connectivity index (χ1) is 11.5. The molecule has 0 spiro atoms. The van der Waals surface area contributed by atoms with E-state index in [9.17, 15) is 14.4 Å². The zero-order chi connectivity index (χ0) is 16.8. The quantitative estimate of drug-likeness (QED) is 0.830. The van der Waals surface area contributed by atoms with Gasteiger partial charge in [0, 0.05) is 18.3 Å². The number of hydrogen-bond donors (Lipinski definition) is 2. The molecule has 24 heavy (non-hydrogen) atoms. The predicted octanol–water partition coefficient (Wildman–Crippen LogP) is 2.05. The highest BCUT2D eigenvalue weighted by molar-refractivity contribution is 6.06. The number of nitrogens with one attached hydrogen (secondary N) is 2. The number of nitrogens with zero attached hydrogens (tertiary/aromatic N) is 1. The fourth-order valence-corrected chi connectivity index (χ4v) is 4.67. The third-order valence-corrected chi connectivity index (χ3v) is 5.67. The Hall–Kier alpha value is -2.37. The van der Waals surface area contributed by atoms with Crippen LogP contribution in [0.25, 0.3) is 0 Å². The number of rotatable bonds is 4. The molecule has 0 unspecified atom stereocenters. The highest BCUT2D eigenvalue weighted by Crippen LogP contribution is 2.55. The van der Waals surface area contributed by atoms with Gasteiger partial charge >= 0.3 is 0 Å². The monoisotopic (exact) mass is 327 g/mol. The minimum atomic E-state index is -0.120. The van der Waals surface area contributed by atoms with Gasteiger partial charge in [-0.1, -0.05) is 0 Å². The van der Waals surface area contributed by atoms with Gasteiger partial charge in [0.25, 0.3) is 0 Å². The van der Waals surface area contributed by atoms with Crippen LogP contribution < -0.4 is 10.6 Å². The third-order valence-electron chi connectivity index (χ3n) is 5.67. The van der Waals surface area contributed by atoms with Crippen molar-refractivity contribution in [1.29, 1.82) is 0 Å². The van der Waals surface area contributed by atoms with Crippen molar-refractivity contribution in [2.75, 3.05) is 17.3 Å². The van der Waals surface area contributed by atoms with Crippen LogP contribution in [-0.2, 0) is 14.4 Å². The Morgan fingerprint density at radius 3 is 2.12 bits per heavy atom. The van der Waals surface area contributed by atoms with E-state index < -0.39 is 0 Å². The van der Waals surface area contributed by atoms with Gasteiger partial charge in [0.1, 0.15) is 0 Å². The number of carbonyl (C=O) groups excluding carboxylic acids is 3. The predicted molar refractivity (Wildman–Crippen MR) is 88.9 cm³/mol. The molecule has 1 aromatic rings. The van der Waals surface area contributed by atoms with Gasteiger partial charge in [0.2, 0.25) is 17.7 Å². The molecule has 3 fully saturated rings. The number of imide groups is 1. The van der Waals surface area contributed by atoms with Gasteiger partial charge in [0.15, 0.2) is 0 Å². The molecular weight excluding hydrogens is 306 g/mol. The number of hydrogen-bond acceptors (Lipinski definition) is 4. The molecule has 3 amide bonds. The smallest absolute Gasteiger partial charge is 0.234 e. The molecule has 1 heterocycles. The van der Waals surface area contributed by atoms with E-state index in [1.165, 1.54) is 11.8 Å². The van der Waals surface area contributed by atoms with Crippen LogP contribution >= 0.6 is 0 Å². The molecule has 2 bridgehead atoms. The minimum Gasteiger partial charge on any atom is -0.367 e. The van der Waals surface area contributed by atoms with Crippen molar-refractivity contribution in [3.63, 3.8) is 0 Å². The average molecular weight is 327 g/mol. The number of fused-ring (bicyclic) bond motifs is 5. The summed E-state index contributed by atoms with van der Waals surface area (Å²) in [5.41, 5.74) is 1.53. The maximum Gasteiger partial charge on any atom is 0.234 e. The molecule has 4 atom stereocenters. The lowest BCUT2D eigenvalue weighted by Gasteiger charge is -2.19. The number of benzene rings is 1. The lowest BCUT2D eigenvalue weighted by molar-refractivity contribution is -0.140. The second kappa shape index (κ2) is 5.61. The SMILES string of the molecule is CC(=O)Nc1ccc(NCN2C(=O)[C@@H]3[C@@H]4CC[C@@H](C4)[C@@H]3C2=O)cc1. The van der Waals surface area contributed by atoms with E-state index in [1.807, 2.05) is 12.1 Å². The Morgan fingerprint density at radius 1 is 1.04 bits per heavy atom. The van der Waals surface area contributed by atoms with Crippen LogP contribution in [0.3, 0.4) is 0 Å². The van der Waals surface area contributed by atoms with E-state index in [-0.39, 0.29) is 36.2 Å². The lowest BCUT2D eigenvalue weighted by atomic mass is 9.81. The number of likely N-dealkylation sites (tertiary alicyclic amines) is 1. The second-order valence-electron chi connectivity index (χ2n) is 7.08. The first-order valence-electron chi connectivity index (χ1n) is 8.51. The third kappa shape index (κ3) is 2.37. The zero-order valence-corrected chi connectivity index (χ0v) is 13.6. The van der Waals surface area contributed by atoms with Crippen molar-refractivity contribution in [3.05, 3.63) is 24.3 Å². The van der Waals surface area contributed by atoms with Crippen LogP contribution in [-0.4, -0.2) is 29.3 Å². The van der Waals surface area contributed by atoms with Gasteiger partial charge in [-0.3, -0.25) is 19.3 Å². The highest BCUT2D eigenvalue weighted by atomic mass is 16.2. The average Bonchev–Trinajstić information content (AvgIpc) is 3.22. The normalized spacial score (nSPS) is 30.6. The van der Waals surface area contributed by atoms with Crippen molar-refractivity contribution in [2.45, 2.75) is 26.2 Å². The fourth-order valence-electron chi connectivity index (χ4n) is 4.67. The summed E-state index contributed by atoms with van der Waals surface area (Å²) in [5.74, 6) is 0.571. The van der Waals surface area contributed by atoms with Crippen molar-refractivity contribution in [3.8, 4) is 0 Å². The molecule has 2 aliphatic carbocycles. The molecule has 6 heteroatoms. The van der Waals surface area contributed by atoms with Gasteiger partial charge < -0.3 is 10.6 Å². The molecule has 1 saturated heterocycles. The van der Waals surface area contributed by atoms with Crippen LogP contribution in [0.5, 0.6) is 0 Å². The molecule has 1 aliphatic heterocycles. The number of anilines is 2. The summed E-state index contributed by atoms with van der Waals surface area (Å²) in [5, 5.41) is 5.84. The highest BCUT2D eigenvalue weighted by Gasteiger charge is 2.60. The Morgan fingerprint density at radius 2 is 1.58 bits per heavy atom. The lowest BCUT2D eigenvalue weighted by Crippen LogP contribution is -2.36. The summed E-state index contributed by atoms with van der Waals surface area (Å²) >= 11 is 0. The Bertz CT molecular complexity index is 672. The van der Waals surface area contributed by atoms with Crippen LogP contribution in [0, 0.1) is 23.7 Å². The van der Waals surface area contributed by atoms with Crippen molar-refractivity contribution in [2.24, 2.45) is 23.7 Å². The molecule has 2 N–H and O–H groups in total. The summed E-state index contributed by atoms with van der Waals surface area (Å²) in [6.45, 7) is 1.67. The van der Waals surface area contributed by atoms with Gasteiger partial charge in [-0.2, -0.15) is 0 Å². The molecule has 126 valence electrons. The van der Waals surface area contributed by atoms with E-state index >= 15 is 0 Å². The molecule has 6 nitrogen and oxygen atoms in total. The summed E-state index contributed by atoms with van der Waals surface area (Å²) in [6.07, 6.45) is 3.24. The topological polar surface area (TPSA) is 78.5 Å². The summed E-state index contributed by atoms with van der Waals surface area (Å²) < 4.78 is 0. The number of amides is 3. The zero-order valence-electron chi connectivity index (χ0n) is 13.6. The van der Waals surface area contributed by atoms with E-state index in [4.69, 9.17) is 0 Å². The molecule has 4 rings (SSSR count). The fraction of sp³-hybridized carbons (Fsp3) is 0.500. The van der Waals surface area contributed by atoms with Crippen LogP contribution in [0.15, 0.2) is 24.3 Å². The molecule has 3 aliphatic rings. The molecule has 0 radical (unpaired) electrons. The van der Waals surface area contributed by atoms with E-state index in [0.29, 0.717) is 17.5 Å². The first kappa shape index (κ1) is 15.2. The summed E-state index contributed by atoms with van der Waals surface area (Å²) in [4.78, 5) is 37.6. The van der Waals surface area contributed by atoms with Crippen LogP contribution in [0.4, 0.5) is 11.4 Å². The standard InChI is InChI=1S/C18H21N3O3/c1-10(22)20-14-6-4-13(5-7-14)19-9-21-17(23)15-11-2-3-12(8-11)16(15)18(21)24/h4-7,11-12,15-16,19H,2-3,8-9H2,1H3,(H,20,22)/t11-,12+,15-,16+. The van der Waals surface area contributed by atoms with E-state index in [1.54, 1.807) is 12.1 Å². The van der Waals surface area contributed by atoms with Crippen molar-refractivity contribution >= 4 is 29.1 Å². The summed E-state index contributed by atoms with van der Waals surface area (Å²) in [6, 6.07) is 7.21. The minimum absolute atomic E-state index is 0.000401. The maximum atomic E-state index is 12.6. The first-order valence-corrected chi connectivity index (χ1v) is 8.51. The van der Waals surface area contributed by atoms with E-state index in [0.717, 1.165) is 24.9 Å². The van der Waals surface area contributed by atoms with Gasteiger partial charge in [-0.15, -0.1) is 0 Å². The Labute approximate surface area is 140 Å². The molecule has 2 saturated carbocycles.